The van der Waals surface area contributed by atoms with Gasteiger partial charge in [0.15, 0.2) is 5.11 Å². The van der Waals surface area contributed by atoms with Crippen molar-refractivity contribution in [3.63, 3.8) is 0 Å². The number of ether oxygens (including phenoxy) is 1. The van der Waals surface area contributed by atoms with Crippen LogP contribution in [0, 0.1) is 0 Å². The topological polar surface area (TPSA) is 50.4 Å². The number of hydrogen-bond donors (Lipinski definition) is 2. The highest BCUT2D eigenvalue weighted by molar-refractivity contribution is 7.80. The number of carbonyl (C=O) groups is 1. The van der Waals surface area contributed by atoms with Crippen LogP contribution >= 0.6 is 12.2 Å². The van der Waals surface area contributed by atoms with Crippen molar-refractivity contribution in [2.45, 2.75) is 6.92 Å². The average Bonchev–Trinajstić information content (AvgIpc) is 2.63. The van der Waals surface area contributed by atoms with Gasteiger partial charge in [-0.2, -0.15) is 0 Å². The van der Waals surface area contributed by atoms with Gasteiger partial charge < -0.3 is 10.1 Å². The third-order valence-corrected chi connectivity index (χ3v) is 3.90. The van der Waals surface area contributed by atoms with Crippen molar-refractivity contribution < 1.29 is 9.53 Å². The molecule has 25 heavy (non-hydrogen) atoms. The van der Waals surface area contributed by atoms with Crippen LogP contribution in [0.25, 0.3) is 10.8 Å². The van der Waals surface area contributed by atoms with Crippen LogP contribution in [0.3, 0.4) is 0 Å². The van der Waals surface area contributed by atoms with Gasteiger partial charge in [0.25, 0.3) is 5.91 Å². The van der Waals surface area contributed by atoms with Crippen molar-refractivity contribution in [3.8, 4) is 5.75 Å². The van der Waals surface area contributed by atoms with Crippen LogP contribution < -0.4 is 15.4 Å². The quantitative estimate of drug-likeness (QED) is 0.686. The average molecular weight is 350 g/mol. The normalized spacial score (nSPS) is 10.3. The summed E-state index contributed by atoms with van der Waals surface area (Å²) in [5.74, 6) is 0.469. The van der Waals surface area contributed by atoms with E-state index >= 15 is 0 Å². The zero-order chi connectivity index (χ0) is 17.6. The molecule has 0 aromatic heterocycles. The lowest BCUT2D eigenvalue weighted by Gasteiger charge is -2.12. The Balaban J connectivity index is 1.68. The summed E-state index contributed by atoms with van der Waals surface area (Å²) < 4.78 is 5.37. The van der Waals surface area contributed by atoms with E-state index in [1.54, 1.807) is 24.3 Å². The number of benzene rings is 3. The predicted molar refractivity (Wildman–Crippen MR) is 105 cm³/mol. The fourth-order valence-electron chi connectivity index (χ4n) is 2.53. The minimum absolute atomic E-state index is 0.259. The molecule has 0 unspecified atom stereocenters. The molecule has 3 aromatic rings. The largest absolute Gasteiger partial charge is 0.494 e. The second-order valence-electron chi connectivity index (χ2n) is 5.39. The maximum atomic E-state index is 12.3. The number of rotatable bonds is 4. The summed E-state index contributed by atoms with van der Waals surface area (Å²) in [7, 11) is 0. The SMILES string of the molecule is CCOc1ccc(C(=O)NC(=S)Nc2cccc3ccccc23)cc1. The first-order chi connectivity index (χ1) is 12.2. The molecular formula is C20H18N2O2S. The first-order valence-electron chi connectivity index (χ1n) is 8.00. The van der Waals surface area contributed by atoms with Gasteiger partial charge in [-0.05, 0) is 54.9 Å². The minimum atomic E-state index is -0.263. The molecule has 2 N–H and O–H groups in total. The number of carbonyl (C=O) groups excluding carboxylic acids is 1. The molecule has 0 fully saturated rings. The first-order valence-corrected chi connectivity index (χ1v) is 8.41. The molecule has 0 aliphatic rings. The molecule has 0 saturated carbocycles. The molecule has 5 heteroatoms. The maximum absolute atomic E-state index is 12.3. The highest BCUT2D eigenvalue weighted by atomic mass is 32.1. The van der Waals surface area contributed by atoms with Crippen LogP contribution in [-0.4, -0.2) is 17.6 Å². The van der Waals surface area contributed by atoms with Gasteiger partial charge in [-0.1, -0.05) is 36.4 Å². The van der Waals surface area contributed by atoms with Crippen LogP contribution in [0.4, 0.5) is 5.69 Å². The molecule has 0 saturated heterocycles. The summed E-state index contributed by atoms with van der Waals surface area (Å²) in [4.78, 5) is 12.3. The molecule has 0 radical (unpaired) electrons. The summed E-state index contributed by atoms with van der Waals surface area (Å²) in [6.45, 7) is 2.50. The highest BCUT2D eigenvalue weighted by Crippen LogP contribution is 2.22. The Morgan fingerprint density at radius 3 is 2.48 bits per heavy atom. The van der Waals surface area contributed by atoms with Gasteiger partial charge in [0.1, 0.15) is 5.75 Å². The Hall–Kier alpha value is -2.92. The maximum Gasteiger partial charge on any atom is 0.257 e. The van der Waals surface area contributed by atoms with Crippen molar-refractivity contribution in [3.05, 3.63) is 72.3 Å². The van der Waals surface area contributed by atoms with E-state index in [-0.39, 0.29) is 11.0 Å². The molecule has 0 atom stereocenters. The summed E-state index contributed by atoms with van der Waals surface area (Å²) >= 11 is 5.27. The minimum Gasteiger partial charge on any atom is -0.494 e. The van der Waals surface area contributed by atoms with Gasteiger partial charge in [-0.3, -0.25) is 10.1 Å². The zero-order valence-electron chi connectivity index (χ0n) is 13.8. The van der Waals surface area contributed by atoms with Crippen molar-refractivity contribution in [2.75, 3.05) is 11.9 Å². The summed E-state index contributed by atoms with van der Waals surface area (Å²) in [5.41, 5.74) is 1.38. The second kappa shape index (κ2) is 7.77. The molecule has 0 spiro atoms. The van der Waals surface area contributed by atoms with Crippen molar-refractivity contribution in [1.29, 1.82) is 0 Å². The van der Waals surface area contributed by atoms with Gasteiger partial charge in [0.2, 0.25) is 0 Å². The monoisotopic (exact) mass is 350 g/mol. The van der Waals surface area contributed by atoms with E-state index in [1.807, 2.05) is 49.4 Å². The molecule has 3 aromatic carbocycles. The fourth-order valence-corrected chi connectivity index (χ4v) is 2.74. The molecule has 3 rings (SSSR count). The van der Waals surface area contributed by atoms with E-state index in [4.69, 9.17) is 17.0 Å². The molecule has 0 aliphatic carbocycles. The molecule has 0 bridgehead atoms. The lowest BCUT2D eigenvalue weighted by Crippen LogP contribution is -2.34. The number of anilines is 1. The number of fused-ring (bicyclic) bond motifs is 1. The smallest absolute Gasteiger partial charge is 0.257 e. The fraction of sp³-hybridized carbons (Fsp3) is 0.100. The van der Waals surface area contributed by atoms with E-state index in [0.29, 0.717) is 12.2 Å². The summed E-state index contributed by atoms with van der Waals surface area (Å²) in [6, 6.07) is 20.8. The van der Waals surface area contributed by atoms with E-state index in [9.17, 15) is 4.79 Å². The third-order valence-electron chi connectivity index (χ3n) is 3.69. The molecule has 1 amide bonds. The van der Waals surface area contributed by atoms with Crippen LogP contribution in [-0.2, 0) is 0 Å². The molecule has 0 heterocycles. The van der Waals surface area contributed by atoms with Crippen molar-refractivity contribution >= 4 is 39.7 Å². The van der Waals surface area contributed by atoms with Crippen LogP contribution in [0.2, 0.25) is 0 Å². The van der Waals surface area contributed by atoms with E-state index in [1.165, 1.54) is 0 Å². The van der Waals surface area contributed by atoms with Crippen molar-refractivity contribution in [1.82, 2.24) is 5.32 Å². The Bertz CT molecular complexity index is 902. The highest BCUT2D eigenvalue weighted by Gasteiger charge is 2.09. The number of hydrogen-bond acceptors (Lipinski definition) is 3. The van der Waals surface area contributed by atoms with Crippen LogP contribution in [0.5, 0.6) is 5.75 Å². The van der Waals surface area contributed by atoms with E-state index < -0.39 is 0 Å². The molecule has 4 nitrogen and oxygen atoms in total. The zero-order valence-corrected chi connectivity index (χ0v) is 14.6. The Morgan fingerprint density at radius 2 is 1.72 bits per heavy atom. The predicted octanol–water partition coefficient (Wildman–Crippen LogP) is 4.37. The second-order valence-corrected chi connectivity index (χ2v) is 5.80. The summed E-state index contributed by atoms with van der Waals surface area (Å²) in [6.07, 6.45) is 0. The molecular weight excluding hydrogens is 332 g/mol. The van der Waals surface area contributed by atoms with E-state index in [2.05, 4.69) is 10.6 Å². The summed E-state index contributed by atoms with van der Waals surface area (Å²) in [5, 5.41) is 8.20. The lowest BCUT2D eigenvalue weighted by atomic mass is 10.1. The van der Waals surface area contributed by atoms with Crippen LogP contribution in [0.15, 0.2) is 66.7 Å². The number of thiocarbonyl (C=S) groups is 1. The van der Waals surface area contributed by atoms with Crippen molar-refractivity contribution in [2.24, 2.45) is 0 Å². The Kier molecular flexibility index (Phi) is 5.26. The standard InChI is InChI=1S/C20H18N2O2S/c1-2-24-16-12-10-15(11-13-16)19(23)22-20(25)21-18-9-5-7-14-6-3-4-8-17(14)18/h3-13H,2H2,1H3,(H2,21,22,23,25). The van der Waals surface area contributed by atoms with Gasteiger partial charge in [-0.25, -0.2) is 0 Å². The Morgan fingerprint density at radius 1 is 1.00 bits per heavy atom. The van der Waals surface area contributed by atoms with Gasteiger partial charge >= 0.3 is 0 Å². The first kappa shape index (κ1) is 16.9. The van der Waals surface area contributed by atoms with E-state index in [0.717, 1.165) is 22.2 Å². The molecule has 0 aliphatic heterocycles. The lowest BCUT2D eigenvalue weighted by molar-refractivity contribution is 0.0977. The molecule has 126 valence electrons. The third kappa shape index (κ3) is 4.14. The Labute approximate surface area is 151 Å². The van der Waals surface area contributed by atoms with Gasteiger partial charge in [0.05, 0.1) is 6.61 Å². The number of amides is 1. The van der Waals surface area contributed by atoms with Crippen LogP contribution in [0.1, 0.15) is 17.3 Å². The number of nitrogens with one attached hydrogen (secondary N) is 2. The van der Waals surface area contributed by atoms with Gasteiger partial charge in [-0.15, -0.1) is 0 Å². The van der Waals surface area contributed by atoms with Gasteiger partial charge in [0, 0.05) is 16.6 Å².